The van der Waals surface area contributed by atoms with E-state index >= 15 is 0 Å². The van der Waals surface area contributed by atoms with Crippen molar-refractivity contribution in [2.75, 3.05) is 11.9 Å². The lowest BCUT2D eigenvalue weighted by Crippen LogP contribution is -2.13. The maximum Gasteiger partial charge on any atom is 0.267 e. The lowest BCUT2D eigenvalue weighted by atomic mass is 10.3. The molecule has 6 heteroatoms. The van der Waals surface area contributed by atoms with Crippen LogP contribution in [0.4, 0.5) is 5.69 Å². The first-order valence-electron chi connectivity index (χ1n) is 5.63. The number of nitrogens with zero attached hydrogens (tertiary/aromatic N) is 3. The maximum absolute atomic E-state index is 11.0. The van der Waals surface area contributed by atoms with Gasteiger partial charge in [-0.05, 0) is 18.2 Å². The zero-order chi connectivity index (χ0) is 13.0. The van der Waals surface area contributed by atoms with E-state index in [9.17, 15) is 4.79 Å². The average Bonchev–Trinajstić information content (AvgIpc) is 2.75. The summed E-state index contributed by atoms with van der Waals surface area (Å²) in [6.07, 6.45) is 4.28. The third-order valence-electron chi connectivity index (χ3n) is 2.49. The number of aromatic nitrogens is 3. The van der Waals surface area contributed by atoms with Gasteiger partial charge in [-0.25, -0.2) is 0 Å². The van der Waals surface area contributed by atoms with Gasteiger partial charge < -0.3 is 11.1 Å². The number of hydrogen-bond donors (Lipinski definition) is 2. The van der Waals surface area contributed by atoms with E-state index in [1.165, 1.54) is 0 Å². The van der Waals surface area contributed by atoms with Crippen LogP contribution in [-0.4, -0.2) is 27.2 Å². The van der Waals surface area contributed by atoms with Crippen LogP contribution in [0.25, 0.3) is 0 Å². The topological polar surface area (TPSA) is 85.8 Å². The Bertz CT molecular complexity index is 549. The number of primary amides is 1. The highest BCUT2D eigenvalue weighted by molar-refractivity contribution is 5.91. The van der Waals surface area contributed by atoms with Gasteiger partial charge in [0.05, 0.1) is 5.69 Å². The summed E-state index contributed by atoms with van der Waals surface area (Å²) in [5, 5.41) is 7.48. The van der Waals surface area contributed by atoms with E-state index in [2.05, 4.69) is 15.4 Å². The quantitative estimate of drug-likeness (QED) is 0.806. The second-order valence-corrected chi connectivity index (χ2v) is 3.95. The molecule has 0 aliphatic heterocycles. The largest absolute Gasteiger partial charge is 0.385 e. The van der Waals surface area contributed by atoms with Gasteiger partial charge in [-0.1, -0.05) is 0 Å². The minimum atomic E-state index is -0.525. The Kier molecular flexibility index (Phi) is 3.57. The molecular formula is C12H15N5O. The molecule has 0 aliphatic carbocycles. The zero-order valence-corrected chi connectivity index (χ0v) is 10.1. The molecule has 0 fully saturated rings. The zero-order valence-electron chi connectivity index (χ0n) is 10.1. The van der Waals surface area contributed by atoms with Crippen molar-refractivity contribution in [1.29, 1.82) is 0 Å². The van der Waals surface area contributed by atoms with Gasteiger partial charge in [-0.3, -0.25) is 14.5 Å². The van der Waals surface area contributed by atoms with Crippen molar-refractivity contribution >= 4 is 11.6 Å². The van der Waals surface area contributed by atoms with Crippen molar-refractivity contribution in [3.63, 3.8) is 0 Å². The molecule has 0 radical (unpaired) electrons. The Hall–Kier alpha value is -2.37. The van der Waals surface area contributed by atoms with Crippen molar-refractivity contribution in [2.24, 2.45) is 12.8 Å². The molecule has 2 rings (SSSR count). The van der Waals surface area contributed by atoms with Crippen molar-refractivity contribution < 1.29 is 4.79 Å². The van der Waals surface area contributed by atoms with Gasteiger partial charge in [-0.15, -0.1) is 0 Å². The molecule has 2 aromatic rings. The number of anilines is 1. The van der Waals surface area contributed by atoms with E-state index in [4.69, 9.17) is 5.73 Å². The highest BCUT2D eigenvalue weighted by atomic mass is 16.1. The summed E-state index contributed by atoms with van der Waals surface area (Å²) in [5.41, 5.74) is 7.28. The lowest BCUT2D eigenvalue weighted by Gasteiger charge is -2.05. The number of aryl methyl sites for hydroxylation is 1. The van der Waals surface area contributed by atoms with Crippen LogP contribution < -0.4 is 11.1 Å². The van der Waals surface area contributed by atoms with Crippen LogP contribution in [-0.2, 0) is 13.5 Å². The van der Waals surface area contributed by atoms with Crippen LogP contribution in [0.1, 0.15) is 16.2 Å². The molecular weight excluding hydrogens is 230 g/mol. The molecule has 2 heterocycles. The van der Waals surface area contributed by atoms with E-state index in [0.717, 1.165) is 24.3 Å². The van der Waals surface area contributed by atoms with Gasteiger partial charge in [0, 0.05) is 38.1 Å². The highest BCUT2D eigenvalue weighted by Crippen LogP contribution is 2.07. The molecule has 18 heavy (non-hydrogen) atoms. The Morgan fingerprint density at radius 3 is 3.00 bits per heavy atom. The van der Waals surface area contributed by atoms with Crippen molar-refractivity contribution in [3.8, 4) is 0 Å². The number of nitrogens with two attached hydrogens (primary N) is 1. The summed E-state index contributed by atoms with van der Waals surface area (Å²) in [7, 11) is 1.89. The monoisotopic (exact) mass is 245 g/mol. The normalized spacial score (nSPS) is 10.3. The summed E-state index contributed by atoms with van der Waals surface area (Å²) in [6, 6.07) is 5.41. The van der Waals surface area contributed by atoms with Gasteiger partial charge in [0.1, 0.15) is 5.69 Å². The summed E-state index contributed by atoms with van der Waals surface area (Å²) in [5.74, 6) is -0.525. The van der Waals surface area contributed by atoms with Gasteiger partial charge in [0.2, 0.25) is 0 Å². The Labute approximate surface area is 105 Å². The number of carbonyl (C=O) groups excluding carboxylic acids is 1. The molecule has 94 valence electrons. The number of hydrogen-bond acceptors (Lipinski definition) is 4. The fourth-order valence-corrected chi connectivity index (χ4v) is 1.61. The standard InChI is InChI=1S/C12H15N5O/c1-17-7-4-9(16-17)2-5-14-10-3-6-15-11(8-10)12(13)18/h3-4,6-8H,2,5H2,1H3,(H2,13,18)(H,14,15). The SMILES string of the molecule is Cn1ccc(CCNc2ccnc(C(N)=O)c2)n1. The molecule has 0 aromatic carbocycles. The Morgan fingerprint density at radius 2 is 2.33 bits per heavy atom. The third-order valence-corrected chi connectivity index (χ3v) is 2.49. The maximum atomic E-state index is 11.0. The number of carbonyl (C=O) groups is 1. The average molecular weight is 245 g/mol. The first-order valence-corrected chi connectivity index (χ1v) is 5.63. The van der Waals surface area contributed by atoms with Gasteiger partial charge in [0.25, 0.3) is 5.91 Å². The summed E-state index contributed by atoms with van der Waals surface area (Å²) < 4.78 is 1.77. The number of nitrogens with one attached hydrogen (secondary N) is 1. The van der Waals surface area contributed by atoms with Crippen LogP contribution in [0.5, 0.6) is 0 Å². The van der Waals surface area contributed by atoms with Crippen LogP contribution in [0.3, 0.4) is 0 Å². The first kappa shape index (κ1) is 12.1. The first-order chi connectivity index (χ1) is 8.65. The van der Waals surface area contributed by atoms with Crippen molar-refractivity contribution in [2.45, 2.75) is 6.42 Å². The predicted octanol–water partition coefficient (Wildman–Crippen LogP) is 0.569. The van der Waals surface area contributed by atoms with E-state index in [1.807, 2.05) is 19.3 Å². The van der Waals surface area contributed by atoms with Gasteiger partial charge in [-0.2, -0.15) is 5.10 Å². The van der Waals surface area contributed by atoms with Crippen molar-refractivity contribution in [1.82, 2.24) is 14.8 Å². The molecule has 1 amide bonds. The second-order valence-electron chi connectivity index (χ2n) is 3.95. The molecule has 0 unspecified atom stereocenters. The molecule has 0 saturated carbocycles. The van der Waals surface area contributed by atoms with E-state index < -0.39 is 5.91 Å². The number of pyridine rings is 1. The highest BCUT2D eigenvalue weighted by Gasteiger charge is 2.02. The van der Waals surface area contributed by atoms with Gasteiger partial charge in [0.15, 0.2) is 0 Å². The van der Waals surface area contributed by atoms with E-state index in [1.54, 1.807) is 23.0 Å². The molecule has 6 nitrogen and oxygen atoms in total. The lowest BCUT2D eigenvalue weighted by molar-refractivity contribution is 0.0995. The van der Waals surface area contributed by atoms with E-state index in [0.29, 0.717) is 0 Å². The van der Waals surface area contributed by atoms with Crippen LogP contribution in [0.15, 0.2) is 30.6 Å². The minimum Gasteiger partial charge on any atom is -0.385 e. The molecule has 0 spiro atoms. The van der Waals surface area contributed by atoms with Crippen LogP contribution in [0.2, 0.25) is 0 Å². The summed E-state index contributed by atoms with van der Waals surface area (Å²) >= 11 is 0. The fourth-order valence-electron chi connectivity index (χ4n) is 1.61. The van der Waals surface area contributed by atoms with E-state index in [-0.39, 0.29) is 5.69 Å². The molecule has 0 saturated heterocycles. The number of amides is 1. The van der Waals surface area contributed by atoms with Crippen molar-refractivity contribution in [3.05, 3.63) is 42.0 Å². The molecule has 0 atom stereocenters. The Morgan fingerprint density at radius 1 is 1.50 bits per heavy atom. The predicted molar refractivity (Wildman–Crippen MR) is 68.2 cm³/mol. The molecule has 0 aliphatic rings. The minimum absolute atomic E-state index is 0.262. The molecule has 2 aromatic heterocycles. The second kappa shape index (κ2) is 5.31. The summed E-state index contributed by atoms with van der Waals surface area (Å²) in [4.78, 5) is 14.8. The third kappa shape index (κ3) is 3.07. The summed E-state index contributed by atoms with van der Waals surface area (Å²) in [6.45, 7) is 0.735. The molecule has 3 N–H and O–H groups in total. The fraction of sp³-hybridized carbons (Fsp3) is 0.250. The molecule has 0 bridgehead atoms. The smallest absolute Gasteiger partial charge is 0.267 e. The van der Waals surface area contributed by atoms with Crippen LogP contribution in [0, 0.1) is 0 Å². The van der Waals surface area contributed by atoms with Gasteiger partial charge >= 0.3 is 0 Å². The number of rotatable bonds is 5. The Balaban J connectivity index is 1.90. The van der Waals surface area contributed by atoms with Crippen LogP contribution >= 0.6 is 0 Å².